The number of carboxylic acids is 1. The van der Waals surface area contributed by atoms with Gasteiger partial charge in [0.25, 0.3) is 0 Å². The van der Waals surface area contributed by atoms with Gasteiger partial charge in [-0.15, -0.1) is 0 Å². The zero-order chi connectivity index (χ0) is 6.57. The van der Waals surface area contributed by atoms with Gasteiger partial charge in [0.1, 0.15) is 6.04 Å². The van der Waals surface area contributed by atoms with Gasteiger partial charge < -0.3 is 5.11 Å². The lowest BCUT2D eigenvalue weighted by Gasteiger charge is -2.03. The highest BCUT2D eigenvalue weighted by Crippen LogP contribution is 1.87. The van der Waals surface area contributed by atoms with E-state index in [-0.39, 0.29) is 13.2 Å². The fourth-order valence-electron chi connectivity index (χ4n) is 0.174. The summed E-state index contributed by atoms with van der Waals surface area (Å²) in [6.07, 6.45) is 0. The van der Waals surface area contributed by atoms with Gasteiger partial charge in [0.05, 0.1) is 0 Å². The Balaban J connectivity index is 0. The van der Waals surface area contributed by atoms with Crippen LogP contribution in [0.4, 0.5) is 0 Å². The molecule has 0 amide bonds. The number of thiol groups is 2. The van der Waals surface area contributed by atoms with Crippen LogP contribution in [-0.2, 0) is 4.79 Å². The molecule has 0 radical (unpaired) electrons. The summed E-state index contributed by atoms with van der Waals surface area (Å²) in [5.74, 6) is -0.686. The molecule has 0 aromatic rings. The first-order valence-corrected chi connectivity index (χ1v) is 3.03. The summed E-state index contributed by atoms with van der Waals surface area (Å²) in [6.45, 7) is 0. The standard InChI is InChI=1S/C3H7NO2S2.CH4/c5-3(6)2(1-7)4-8;/h2,4,7-8H,1H2,(H,5,6);1H4/t2-;/m0./s1. The molecule has 0 aliphatic rings. The van der Waals surface area contributed by atoms with Gasteiger partial charge in [0, 0.05) is 5.75 Å². The second-order valence-corrected chi connectivity index (χ2v) is 1.83. The highest BCUT2D eigenvalue weighted by Gasteiger charge is 2.11. The molecule has 0 aromatic heterocycles. The third-order valence-corrected chi connectivity index (χ3v) is 1.31. The molecule has 0 aliphatic carbocycles. The van der Waals surface area contributed by atoms with Crippen LogP contribution < -0.4 is 4.72 Å². The van der Waals surface area contributed by atoms with E-state index < -0.39 is 12.0 Å². The number of aliphatic carboxylic acids is 1. The molecule has 0 bridgehead atoms. The van der Waals surface area contributed by atoms with Gasteiger partial charge in [0.2, 0.25) is 0 Å². The monoisotopic (exact) mass is 169 g/mol. The number of nitrogens with one attached hydrogen (secondary N) is 1. The SMILES string of the molecule is C.O=C(O)[C@H](CS)NS. The van der Waals surface area contributed by atoms with Crippen LogP contribution in [0.3, 0.4) is 0 Å². The number of rotatable bonds is 3. The Hall–Kier alpha value is 0.130. The van der Waals surface area contributed by atoms with Crippen molar-refractivity contribution in [2.24, 2.45) is 0 Å². The summed E-state index contributed by atoms with van der Waals surface area (Å²) in [6, 6.07) is -0.651. The smallest absolute Gasteiger partial charge is 0.322 e. The number of carboxylic acid groups (broad SMARTS) is 1. The predicted octanol–water partition coefficient (Wildman–Crippen LogP) is 0.440. The number of carbonyl (C=O) groups is 1. The van der Waals surface area contributed by atoms with Crippen molar-refractivity contribution in [2.75, 3.05) is 5.75 Å². The van der Waals surface area contributed by atoms with E-state index in [1.54, 1.807) is 0 Å². The van der Waals surface area contributed by atoms with Crippen LogP contribution in [0.2, 0.25) is 0 Å². The van der Waals surface area contributed by atoms with Crippen molar-refractivity contribution in [1.29, 1.82) is 0 Å². The molecule has 5 heteroatoms. The maximum Gasteiger partial charge on any atom is 0.322 e. The lowest BCUT2D eigenvalue weighted by Crippen LogP contribution is -2.32. The molecule has 0 heterocycles. The maximum absolute atomic E-state index is 10.0. The summed E-state index contributed by atoms with van der Waals surface area (Å²) < 4.78 is 2.27. The minimum atomic E-state index is -0.935. The molecular weight excluding hydrogens is 158 g/mol. The topological polar surface area (TPSA) is 49.3 Å². The average molecular weight is 169 g/mol. The first-order valence-electron chi connectivity index (χ1n) is 1.95. The largest absolute Gasteiger partial charge is 0.480 e. The van der Waals surface area contributed by atoms with Crippen LogP contribution in [0.15, 0.2) is 0 Å². The van der Waals surface area contributed by atoms with E-state index >= 15 is 0 Å². The zero-order valence-electron chi connectivity index (χ0n) is 4.03. The molecule has 1 atom stereocenters. The Bertz CT molecular complexity index is 84.6. The minimum Gasteiger partial charge on any atom is -0.480 e. The lowest BCUT2D eigenvalue weighted by molar-refractivity contribution is -0.138. The summed E-state index contributed by atoms with van der Waals surface area (Å²) in [7, 11) is 0. The van der Waals surface area contributed by atoms with Crippen molar-refractivity contribution in [3.05, 3.63) is 0 Å². The molecule has 0 saturated carbocycles. The van der Waals surface area contributed by atoms with Crippen molar-refractivity contribution < 1.29 is 9.90 Å². The second kappa shape index (κ2) is 6.25. The molecular formula is C4H11NO2S2. The van der Waals surface area contributed by atoms with Crippen molar-refractivity contribution in [3.8, 4) is 0 Å². The Morgan fingerprint density at radius 3 is 2.22 bits per heavy atom. The molecule has 3 nitrogen and oxygen atoms in total. The fraction of sp³-hybridized carbons (Fsp3) is 0.750. The summed E-state index contributed by atoms with van der Waals surface area (Å²) in [5.41, 5.74) is 0. The average Bonchev–Trinajstić information content (AvgIpc) is 1.69. The van der Waals surface area contributed by atoms with Gasteiger partial charge >= 0.3 is 5.97 Å². The normalized spacial score (nSPS) is 11.8. The van der Waals surface area contributed by atoms with E-state index in [2.05, 4.69) is 30.2 Å². The van der Waals surface area contributed by atoms with E-state index in [4.69, 9.17) is 5.11 Å². The lowest BCUT2D eigenvalue weighted by atomic mass is 10.4. The first kappa shape index (κ1) is 11.9. The molecule has 0 fully saturated rings. The molecule has 0 aliphatic heterocycles. The van der Waals surface area contributed by atoms with Gasteiger partial charge in [-0.3, -0.25) is 9.52 Å². The van der Waals surface area contributed by atoms with E-state index in [1.807, 2.05) is 0 Å². The van der Waals surface area contributed by atoms with Crippen molar-refractivity contribution >= 4 is 31.4 Å². The summed E-state index contributed by atoms with van der Waals surface area (Å²) in [4.78, 5) is 10.0. The molecule has 0 saturated heterocycles. The van der Waals surface area contributed by atoms with Crippen molar-refractivity contribution in [1.82, 2.24) is 4.72 Å². The van der Waals surface area contributed by atoms with Gasteiger partial charge in [-0.1, -0.05) is 20.2 Å². The van der Waals surface area contributed by atoms with Crippen molar-refractivity contribution in [3.63, 3.8) is 0 Å². The van der Waals surface area contributed by atoms with Crippen LogP contribution in [0.1, 0.15) is 7.43 Å². The third-order valence-electron chi connectivity index (χ3n) is 0.637. The van der Waals surface area contributed by atoms with Crippen LogP contribution in [0, 0.1) is 0 Å². The zero-order valence-corrected chi connectivity index (χ0v) is 5.82. The van der Waals surface area contributed by atoms with Crippen LogP contribution in [-0.4, -0.2) is 22.9 Å². The first-order chi connectivity index (χ1) is 3.72. The van der Waals surface area contributed by atoms with Gasteiger partial charge in [-0.25, -0.2) is 0 Å². The maximum atomic E-state index is 10.0. The van der Waals surface area contributed by atoms with Crippen LogP contribution in [0.5, 0.6) is 0 Å². The van der Waals surface area contributed by atoms with Gasteiger partial charge in [-0.2, -0.15) is 12.6 Å². The summed E-state index contributed by atoms with van der Waals surface area (Å²) in [5, 5.41) is 8.21. The predicted molar refractivity (Wildman–Crippen MR) is 44.1 cm³/mol. The quantitative estimate of drug-likeness (QED) is 0.464. The highest BCUT2D eigenvalue weighted by molar-refractivity contribution is 7.80. The highest BCUT2D eigenvalue weighted by atomic mass is 32.1. The molecule has 9 heavy (non-hydrogen) atoms. The third kappa shape index (κ3) is 4.62. The molecule has 56 valence electrons. The molecule has 2 N–H and O–H groups in total. The van der Waals surface area contributed by atoms with Gasteiger partial charge in [0.15, 0.2) is 0 Å². The van der Waals surface area contributed by atoms with E-state index in [0.29, 0.717) is 0 Å². The van der Waals surface area contributed by atoms with Crippen molar-refractivity contribution in [2.45, 2.75) is 13.5 Å². The van der Waals surface area contributed by atoms with Crippen LogP contribution >= 0.6 is 25.4 Å². The van der Waals surface area contributed by atoms with Crippen LogP contribution in [0.25, 0.3) is 0 Å². The van der Waals surface area contributed by atoms with E-state index in [0.717, 1.165) is 0 Å². The summed E-state index contributed by atoms with van der Waals surface area (Å²) >= 11 is 7.30. The Morgan fingerprint density at radius 1 is 1.78 bits per heavy atom. The Morgan fingerprint density at radius 2 is 2.22 bits per heavy atom. The molecule has 0 rings (SSSR count). The Kier molecular flexibility index (Phi) is 8.25. The van der Waals surface area contributed by atoms with E-state index in [9.17, 15) is 4.79 Å². The molecule has 0 aromatic carbocycles. The van der Waals surface area contributed by atoms with E-state index in [1.165, 1.54) is 0 Å². The number of hydrogen-bond acceptors (Lipinski definition) is 4. The second-order valence-electron chi connectivity index (χ2n) is 1.20. The fourth-order valence-corrected chi connectivity index (χ4v) is 0.767. The minimum absolute atomic E-state index is 0. The van der Waals surface area contributed by atoms with Gasteiger partial charge in [-0.05, 0) is 0 Å². The molecule has 0 spiro atoms. The molecule has 0 unspecified atom stereocenters. The number of hydrogen-bond donors (Lipinski definition) is 4. The Labute approximate surface area is 65.8 Å².